The number of thioether (sulfide) groups is 1. The number of carbonyl (C=O) groups excluding carboxylic acids is 1. The number of para-hydroxylation sites is 1. The monoisotopic (exact) mass is 308 g/mol. The molecule has 5 nitrogen and oxygen atoms in total. The van der Waals surface area contributed by atoms with Crippen molar-refractivity contribution >= 4 is 29.3 Å². The lowest BCUT2D eigenvalue weighted by molar-refractivity contribution is -0.141. The Labute approximate surface area is 128 Å². The van der Waals surface area contributed by atoms with Gasteiger partial charge in [0.2, 0.25) is 5.91 Å². The molecule has 1 unspecified atom stereocenters. The summed E-state index contributed by atoms with van der Waals surface area (Å²) in [6.45, 7) is 0.718. The van der Waals surface area contributed by atoms with Crippen molar-refractivity contribution in [2.45, 2.75) is 24.8 Å². The number of benzene rings is 1. The van der Waals surface area contributed by atoms with Crippen LogP contribution in [-0.2, 0) is 9.59 Å². The highest BCUT2D eigenvalue weighted by atomic mass is 32.2. The Hall–Kier alpha value is -1.69. The summed E-state index contributed by atoms with van der Waals surface area (Å²) >= 11 is 1.57. The molecule has 0 saturated heterocycles. The first-order chi connectivity index (χ1) is 10.1. The van der Waals surface area contributed by atoms with E-state index in [2.05, 4.69) is 10.6 Å². The molecule has 1 aromatic carbocycles. The fourth-order valence-electron chi connectivity index (χ4n) is 2.51. The van der Waals surface area contributed by atoms with Gasteiger partial charge in [0, 0.05) is 24.6 Å². The number of carboxylic acid groups (broad SMARTS) is 1. The Morgan fingerprint density at radius 3 is 2.95 bits per heavy atom. The Morgan fingerprint density at radius 1 is 1.48 bits per heavy atom. The number of rotatable bonds is 7. The molecule has 114 valence electrons. The normalized spacial score (nSPS) is 17.7. The lowest BCUT2D eigenvalue weighted by atomic mass is 9.97. The molecule has 2 rings (SSSR count). The number of hydrogen-bond acceptors (Lipinski definition) is 4. The first kappa shape index (κ1) is 15.7. The number of carbonyl (C=O) groups is 2. The van der Waals surface area contributed by atoms with Crippen LogP contribution in [0.2, 0.25) is 0 Å². The predicted octanol–water partition coefficient (Wildman–Crippen LogP) is 1.91. The molecule has 0 bridgehead atoms. The van der Waals surface area contributed by atoms with Crippen LogP contribution in [0.25, 0.3) is 0 Å². The summed E-state index contributed by atoms with van der Waals surface area (Å²) in [5.41, 5.74) is 2.19. The smallest absolute Gasteiger partial charge is 0.326 e. The Morgan fingerprint density at radius 2 is 2.24 bits per heavy atom. The molecule has 1 heterocycles. The van der Waals surface area contributed by atoms with Crippen molar-refractivity contribution < 1.29 is 14.7 Å². The van der Waals surface area contributed by atoms with Gasteiger partial charge in [0.1, 0.15) is 6.04 Å². The van der Waals surface area contributed by atoms with Crippen molar-refractivity contribution in [3.05, 3.63) is 29.8 Å². The van der Waals surface area contributed by atoms with Crippen LogP contribution < -0.4 is 10.6 Å². The molecule has 0 radical (unpaired) electrons. The third-order valence-corrected chi connectivity index (χ3v) is 4.26. The second-order valence-corrected chi connectivity index (χ2v) is 6.09. The van der Waals surface area contributed by atoms with Gasteiger partial charge in [-0.2, -0.15) is 11.8 Å². The molecule has 1 aromatic rings. The van der Waals surface area contributed by atoms with Crippen molar-refractivity contribution in [2.24, 2.45) is 0 Å². The molecule has 6 heteroatoms. The number of fused-ring (bicyclic) bond motifs is 1. The number of anilines is 1. The van der Waals surface area contributed by atoms with Gasteiger partial charge in [-0.15, -0.1) is 0 Å². The van der Waals surface area contributed by atoms with Gasteiger partial charge in [0.15, 0.2) is 0 Å². The van der Waals surface area contributed by atoms with Crippen LogP contribution >= 0.6 is 11.8 Å². The standard InChI is InChI=1S/C15H20N2O3S/c1-21-7-6-13(15(19)20)17-14(18)8-10-9-16-12-5-3-2-4-11(10)12/h2-5,10,13,16H,6-9H2,1H3,(H,17,18)(H,19,20)/t10?,13-/m0/s1. The molecule has 0 aliphatic carbocycles. The van der Waals surface area contributed by atoms with E-state index in [9.17, 15) is 9.59 Å². The molecule has 1 aliphatic heterocycles. The summed E-state index contributed by atoms with van der Waals surface area (Å²) < 4.78 is 0. The maximum absolute atomic E-state index is 12.1. The number of amides is 1. The van der Waals surface area contributed by atoms with E-state index in [1.807, 2.05) is 30.5 Å². The van der Waals surface area contributed by atoms with Crippen molar-refractivity contribution in [1.82, 2.24) is 5.32 Å². The minimum absolute atomic E-state index is 0.108. The van der Waals surface area contributed by atoms with E-state index in [0.717, 1.165) is 17.8 Å². The van der Waals surface area contributed by atoms with E-state index in [0.29, 0.717) is 18.6 Å². The molecule has 3 N–H and O–H groups in total. The van der Waals surface area contributed by atoms with E-state index in [1.165, 1.54) is 0 Å². The summed E-state index contributed by atoms with van der Waals surface area (Å²) in [5, 5.41) is 15.0. The van der Waals surface area contributed by atoms with Crippen LogP contribution in [0.15, 0.2) is 24.3 Å². The minimum atomic E-state index is -0.970. The Kier molecular flexibility index (Phi) is 5.50. The van der Waals surface area contributed by atoms with Crippen molar-refractivity contribution in [1.29, 1.82) is 0 Å². The second kappa shape index (κ2) is 7.36. The molecule has 0 aromatic heterocycles. The summed E-state index contributed by atoms with van der Waals surface area (Å²) in [6.07, 6.45) is 2.68. The van der Waals surface area contributed by atoms with Crippen molar-refractivity contribution in [3.63, 3.8) is 0 Å². The average Bonchev–Trinajstić information content (AvgIpc) is 2.86. The zero-order valence-corrected chi connectivity index (χ0v) is 12.8. The third-order valence-electron chi connectivity index (χ3n) is 3.62. The number of nitrogens with one attached hydrogen (secondary N) is 2. The summed E-state index contributed by atoms with van der Waals surface area (Å²) in [5.74, 6) is -0.351. The highest BCUT2D eigenvalue weighted by molar-refractivity contribution is 7.98. The topological polar surface area (TPSA) is 78.4 Å². The summed E-state index contributed by atoms with van der Waals surface area (Å²) in [7, 11) is 0. The largest absolute Gasteiger partial charge is 0.480 e. The van der Waals surface area contributed by atoms with Crippen LogP contribution in [0.1, 0.15) is 24.3 Å². The van der Waals surface area contributed by atoms with Gasteiger partial charge in [-0.3, -0.25) is 4.79 Å². The van der Waals surface area contributed by atoms with Gasteiger partial charge >= 0.3 is 5.97 Å². The summed E-state index contributed by atoms with van der Waals surface area (Å²) in [4.78, 5) is 23.2. The van der Waals surface area contributed by atoms with Crippen LogP contribution in [-0.4, -0.2) is 41.6 Å². The zero-order valence-electron chi connectivity index (χ0n) is 12.0. The lowest BCUT2D eigenvalue weighted by Gasteiger charge is -2.16. The fraction of sp³-hybridized carbons (Fsp3) is 0.467. The van der Waals surface area contributed by atoms with Crippen LogP contribution in [0.3, 0.4) is 0 Å². The summed E-state index contributed by atoms with van der Waals surface area (Å²) in [6, 6.07) is 7.11. The number of aliphatic carboxylic acids is 1. The van der Waals surface area contributed by atoms with Gasteiger partial charge in [-0.05, 0) is 30.1 Å². The maximum Gasteiger partial charge on any atom is 0.326 e. The first-order valence-electron chi connectivity index (χ1n) is 6.95. The molecule has 0 fully saturated rings. The van der Waals surface area contributed by atoms with Crippen molar-refractivity contribution in [3.8, 4) is 0 Å². The predicted molar refractivity (Wildman–Crippen MR) is 84.9 cm³/mol. The minimum Gasteiger partial charge on any atom is -0.480 e. The average molecular weight is 308 g/mol. The molecule has 2 atom stereocenters. The molecule has 21 heavy (non-hydrogen) atoms. The van der Waals surface area contributed by atoms with Gasteiger partial charge in [-0.25, -0.2) is 4.79 Å². The Balaban J connectivity index is 1.91. The van der Waals surface area contributed by atoms with Crippen LogP contribution in [0, 0.1) is 0 Å². The SMILES string of the molecule is CSCC[C@H](NC(=O)CC1CNc2ccccc21)C(=O)O. The number of hydrogen-bond donors (Lipinski definition) is 3. The highest BCUT2D eigenvalue weighted by Gasteiger charge is 2.26. The number of carboxylic acids is 1. The lowest BCUT2D eigenvalue weighted by Crippen LogP contribution is -2.41. The molecule has 1 aliphatic rings. The molecule has 1 amide bonds. The van der Waals surface area contributed by atoms with Gasteiger partial charge in [0.25, 0.3) is 0 Å². The van der Waals surface area contributed by atoms with Crippen molar-refractivity contribution in [2.75, 3.05) is 23.9 Å². The van der Waals surface area contributed by atoms with Crippen LogP contribution in [0.5, 0.6) is 0 Å². The van der Waals surface area contributed by atoms with Gasteiger partial charge in [-0.1, -0.05) is 18.2 Å². The zero-order chi connectivity index (χ0) is 15.2. The third kappa shape index (κ3) is 4.14. The fourth-order valence-corrected chi connectivity index (χ4v) is 2.98. The second-order valence-electron chi connectivity index (χ2n) is 5.11. The molecule has 0 saturated carbocycles. The molecular weight excluding hydrogens is 288 g/mol. The quantitative estimate of drug-likeness (QED) is 0.717. The van der Waals surface area contributed by atoms with E-state index >= 15 is 0 Å². The van der Waals surface area contributed by atoms with E-state index in [1.54, 1.807) is 11.8 Å². The molecule has 0 spiro atoms. The van der Waals surface area contributed by atoms with Crippen LogP contribution in [0.4, 0.5) is 5.69 Å². The maximum atomic E-state index is 12.1. The van der Waals surface area contributed by atoms with E-state index in [4.69, 9.17) is 5.11 Å². The Bertz CT molecular complexity index is 521. The highest BCUT2D eigenvalue weighted by Crippen LogP contribution is 2.33. The van der Waals surface area contributed by atoms with Gasteiger partial charge < -0.3 is 15.7 Å². The first-order valence-corrected chi connectivity index (χ1v) is 8.35. The van der Waals surface area contributed by atoms with E-state index in [-0.39, 0.29) is 11.8 Å². The molecular formula is C15H20N2O3S. The van der Waals surface area contributed by atoms with Gasteiger partial charge in [0.05, 0.1) is 0 Å². The van der Waals surface area contributed by atoms with E-state index < -0.39 is 12.0 Å².